The van der Waals surface area contributed by atoms with Gasteiger partial charge in [0, 0.05) is 16.8 Å². The van der Waals surface area contributed by atoms with Crippen LogP contribution in [0.3, 0.4) is 0 Å². The van der Waals surface area contributed by atoms with E-state index in [2.05, 4.69) is 31.0 Å². The summed E-state index contributed by atoms with van der Waals surface area (Å²) in [5.74, 6) is 1.57. The molecule has 1 saturated heterocycles. The van der Waals surface area contributed by atoms with E-state index in [9.17, 15) is 0 Å². The SMILES string of the molecule is Brc1ccccc1-c1nnc(SCCN2CCCCC2)o1. The molecule has 112 valence electrons. The molecule has 0 unspecified atom stereocenters. The summed E-state index contributed by atoms with van der Waals surface area (Å²) < 4.78 is 6.70. The lowest BCUT2D eigenvalue weighted by atomic mass is 10.1. The summed E-state index contributed by atoms with van der Waals surface area (Å²) in [5.41, 5.74) is 0.938. The number of thioether (sulfide) groups is 1. The lowest BCUT2D eigenvalue weighted by Crippen LogP contribution is -2.31. The number of nitrogens with zero attached hydrogens (tertiary/aromatic N) is 3. The van der Waals surface area contributed by atoms with Crippen LogP contribution in [-0.2, 0) is 0 Å². The summed E-state index contributed by atoms with van der Waals surface area (Å²) in [5, 5.41) is 8.91. The van der Waals surface area contributed by atoms with E-state index in [1.54, 1.807) is 11.8 Å². The van der Waals surface area contributed by atoms with Gasteiger partial charge in [0.1, 0.15) is 0 Å². The van der Waals surface area contributed by atoms with Gasteiger partial charge in [-0.15, -0.1) is 10.2 Å². The molecule has 2 heterocycles. The second-order valence-electron chi connectivity index (χ2n) is 5.10. The number of likely N-dealkylation sites (tertiary alicyclic amines) is 1. The molecule has 1 aliphatic heterocycles. The fraction of sp³-hybridized carbons (Fsp3) is 0.467. The highest BCUT2D eigenvalue weighted by atomic mass is 79.9. The zero-order valence-corrected chi connectivity index (χ0v) is 14.2. The van der Waals surface area contributed by atoms with Gasteiger partial charge in [0.15, 0.2) is 0 Å². The van der Waals surface area contributed by atoms with Crippen molar-refractivity contribution in [3.63, 3.8) is 0 Å². The summed E-state index contributed by atoms with van der Waals surface area (Å²) in [4.78, 5) is 2.52. The zero-order chi connectivity index (χ0) is 14.5. The topological polar surface area (TPSA) is 42.2 Å². The minimum atomic E-state index is 0.572. The maximum absolute atomic E-state index is 5.73. The van der Waals surface area contributed by atoms with Crippen LogP contribution in [0.1, 0.15) is 19.3 Å². The van der Waals surface area contributed by atoms with Crippen molar-refractivity contribution in [2.45, 2.75) is 24.5 Å². The van der Waals surface area contributed by atoms with Crippen LogP contribution < -0.4 is 0 Å². The van der Waals surface area contributed by atoms with Gasteiger partial charge in [-0.2, -0.15) is 0 Å². The number of benzene rings is 1. The molecule has 0 atom stereocenters. The van der Waals surface area contributed by atoms with Crippen LogP contribution in [0.25, 0.3) is 11.5 Å². The molecule has 0 saturated carbocycles. The molecule has 0 amide bonds. The maximum atomic E-state index is 5.73. The monoisotopic (exact) mass is 367 g/mol. The Labute approximate surface area is 137 Å². The molecule has 1 aromatic heterocycles. The molecule has 0 N–H and O–H groups in total. The Hall–Kier alpha value is -0.850. The predicted molar refractivity (Wildman–Crippen MR) is 88.4 cm³/mol. The van der Waals surface area contributed by atoms with Crippen molar-refractivity contribution in [1.82, 2.24) is 15.1 Å². The summed E-state index contributed by atoms with van der Waals surface area (Å²) in [6.07, 6.45) is 4.04. The lowest BCUT2D eigenvalue weighted by Gasteiger charge is -2.25. The fourth-order valence-corrected chi connectivity index (χ4v) is 3.67. The molecule has 0 radical (unpaired) electrons. The minimum Gasteiger partial charge on any atom is -0.411 e. The van der Waals surface area contributed by atoms with E-state index >= 15 is 0 Å². The smallest absolute Gasteiger partial charge is 0.276 e. The van der Waals surface area contributed by atoms with Crippen LogP contribution in [0.15, 0.2) is 38.4 Å². The summed E-state index contributed by atoms with van der Waals surface area (Å²) >= 11 is 5.14. The standard InChI is InChI=1S/C15H18BrN3OS/c16-13-7-3-2-6-12(13)14-17-18-15(20-14)21-11-10-19-8-4-1-5-9-19/h2-3,6-7H,1,4-5,8-11H2. The van der Waals surface area contributed by atoms with E-state index in [4.69, 9.17) is 4.42 Å². The summed E-state index contributed by atoms with van der Waals surface area (Å²) in [6.45, 7) is 3.55. The van der Waals surface area contributed by atoms with E-state index < -0.39 is 0 Å². The first-order valence-corrected chi connectivity index (χ1v) is 9.04. The van der Waals surface area contributed by atoms with Crippen LogP contribution in [0, 0.1) is 0 Å². The molecule has 21 heavy (non-hydrogen) atoms. The Morgan fingerprint density at radius 2 is 1.95 bits per heavy atom. The lowest BCUT2D eigenvalue weighted by molar-refractivity contribution is 0.242. The van der Waals surface area contributed by atoms with Crippen LogP contribution in [0.2, 0.25) is 0 Å². The van der Waals surface area contributed by atoms with E-state index in [1.165, 1.54) is 32.4 Å². The Balaban J connectivity index is 1.54. The van der Waals surface area contributed by atoms with Gasteiger partial charge in [0.2, 0.25) is 5.89 Å². The average Bonchev–Trinajstić information content (AvgIpc) is 2.97. The average molecular weight is 368 g/mol. The number of hydrogen-bond donors (Lipinski definition) is 0. The Kier molecular flexibility index (Phi) is 5.32. The van der Waals surface area contributed by atoms with Crippen molar-refractivity contribution in [1.29, 1.82) is 0 Å². The van der Waals surface area contributed by atoms with Crippen molar-refractivity contribution in [2.75, 3.05) is 25.4 Å². The molecule has 1 aliphatic rings. The van der Waals surface area contributed by atoms with Crippen molar-refractivity contribution >= 4 is 27.7 Å². The van der Waals surface area contributed by atoms with Gasteiger partial charge in [-0.25, -0.2) is 0 Å². The van der Waals surface area contributed by atoms with Crippen molar-refractivity contribution < 1.29 is 4.42 Å². The summed E-state index contributed by atoms with van der Waals surface area (Å²) in [7, 11) is 0. The van der Waals surface area contributed by atoms with Crippen LogP contribution >= 0.6 is 27.7 Å². The quantitative estimate of drug-likeness (QED) is 0.744. The Bertz CT molecular complexity index is 584. The maximum Gasteiger partial charge on any atom is 0.276 e. The van der Waals surface area contributed by atoms with Gasteiger partial charge >= 0.3 is 0 Å². The highest BCUT2D eigenvalue weighted by Crippen LogP contribution is 2.28. The normalized spacial score (nSPS) is 16.2. The van der Waals surface area contributed by atoms with Crippen LogP contribution in [0.4, 0.5) is 0 Å². The third-order valence-electron chi connectivity index (χ3n) is 3.59. The number of halogens is 1. The first kappa shape index (κ1) is 15.1. The van der Waals surface area contributed by atoms with Crippen molar-refractivity contribution in [3.05, 3.63) is 28.7 Å². The third-order valence-corrected chi connectivity index (χ3v) is 5.08. The van der Waals surface area contributed by atoms with Gasteiger partial charge in [0.25, 0.3) is 5.22 Å². The van der Waals surface area contributed by atoms with Crippen molar-refractivity contribution in [3.8, 4) is 11.5 Å². The van der Waals surface area contributed by atoms with Crippen LogP contribution in [-0.4, -0.2) is 40.5 Å². The Morgan fingerprint density at radius 3 is 2.76 bits per heavy atom. The first-order chi connectivity index (χ1) is 10.3. The van der Waals surface area contributed by atoms with Gasteiger partial charge in [0.05, 0.1) is 5.56 Å². The number of aromatic nitrogens is 2. The zero-order valence-electron chi connectivity index (χ0n) is 11.8. The van der Waals surface area contributed by atoms with Gasteiger partial charge in [-0.1, -0.05) is 30.3 Å². The van der Waals surface area contributed by atoms with Crippen molar-refractivity contribution in [2.24, 2.45) is 0 Å². The number of rotatable bonds is 5. The highest BCUT2D eigenvalue weighted by molar-refractivity contribution is 9.10. The van der Waals surface area contributed by atoms with E-state index in [1.807, 2.05) is 24.3 Å². The first-order valence-electron chi connectivity index (χ1n) is 7.26. The molecule has 0 aliphatic carbocycles. The molecule has 0 bridgehead atoms. The predicted octanol–water partition coefficient (Wildman–Crippen LogP) is 4.08. The van der Waals surface area contributed by atoms with Gasteiger partial charge in [-0.3, -0.25) is 0 Å². The number of piperidine rings is 1. The van der Waals surface area contributed by atoms with E-state index in [0.29, 0.717) is 11.1 Å². The summed E-state index contributed by atoms with van der Waals surface area (Å²) in [6, 6.07) is 7.88. The highest BCUT2D eigenvalue weighted by Gasteiger charge is 2.13. The third kappa shape index (κ3) is 4.08. The molecular weight excluding hydrogens is 350 g/mol. The van der Waals surface area contributed by atoms with E-state index in [-0.39, 0.29) is 0 Å². The Morgan fingerprint density at radius 1 is 1.14 bits per heavy atom. The largest absolute Gasteiger partial charge is 0.411 e. The second kappa shape index (κ2) is 7.42. The van der Waals surface area contributed by atoms with E-state index in [0.717, 1.165) is 22.3 Å². The minimum absolute atomic E-state index is 0.572. The molecule has 0 spiro atoms. The molecule has 1 aromatic carbocycles. The van der Waals surface area contributed by atoms with Gasteiger partial charge < -0.3 is 9.32 Å². The van der Waals surface area contributed by atoms with Gasteiger partial charge in [-0.05, 0) is 54.0 Å². The molecular formula is C15H18BrN3OS. The molecule has 4 nitrogen and oxygen atoms in total. The molecule has 1 fully saturated rings. The van der Waals surface area contributed by atoms with Crippen LogP contribution in [0.5, 0.6) is 0 Å². The molecule has 2 aromatic rings. The molecule has 6 heteroatoms. The fourth-order valence-electron chi connectivity index (χ4n) is 2.46. The molecule has 3 rings (SSSR count). The number of hydrogen-bond acceptors (Lipinski definition) is 5. The second-order valence-corrected chi connectivity index (χ2v) is 7.00.